The standard InChI is InChI=1S/C22H16N6O2S/c1-12-11-15(13-7-3-2-4-8-13)28-22(24-12)26-20(27-28)21(30)25-17-14-9-5-6-10-16(14)31-18(17)19(23)29/h2-11H,1H3,(H2,23,29)(H,25,30). The summed E-state index contributed by atoms with van der Waals surface area (Å²) in [6, 6.07) is 18.9. The van der Waals surface area contributed by atoms with Gasteiger partial charge in [-0.15, -0.1) is 16.4 Å². The number of benzene rings is 2. The van der Waals surface area contributed by atoms with Crippen LogP contribution in [0.25, 0.3) is 27.1 Å². The first-order valence-corrected chi connectivity index (χ1v) is 10.3. The van der Waals surface area contributed by atoms with Gasteiger partial charge in [0.25, 0.3) is 17.6 Å². The number of primary amides is 1. The molecule has 3 N–H and O–H groups in total. The molecule has 8 nitrogen and oxygen atoms in total. The van der Waals surface area contributed by atoms with Gasteiger partial charge >= 0.3 is 0 Å². The van der Waals surface area contributed by atoms with E-state index in [1.54, 1.807) is 0 Å². The maximum atomic E-state index is 13.0. The quantitative estimate of drug-likeness (QED) is 0.453. The summed E-state index contributed by atoms with van der Waals surface area (Å²) in [6.45, 7) is 1.86. The van der Waals surface area contributed by atoms with Crippen molar-refractivity contribution in [2.45, 2.75) is 6.92 Å². The predicted molar refractivity (Wildman–Crippen MR) is 119 cm³/mol. The topological polar surface area (TPSA) is 115 Å². The summed E-state index contributed by atoms with van der Waals surface area (Å²) in [5.41, 5.74) is 8.35. The average Bonchev–Trinajstić information content (AvgIpc) is 3.36. The molecule has 0 aliphatic heterocycles. The van der Waals surface area contributed by atoms with Gasteiger partial charge in [0.1, 0.15) is 4.88 Å². The largest absolute Gasteiger partial charge is 0.365 e. The molecule has 0 atom stereocenters. The number of carbonyl (C=O) groups excluding carboxylic acids is 2. The summed E-state index contributed by atoms with van der Waals surface area (Å²) < 4.78 is 2.39. The molecule has 0 unspecified atom stereocenters. The average molecular weight is 428 g/mol. The number of carbonyl (C=O) groups is 2. The predicted octanol–water partition coefficient (Wildman–Crippen LogP) is 3.67. The van der Waals surface area contributed by atoms with Gasteiger partial charge in [-0.3, -0.25) is 9.59 Å². The van der Waals surface area contributed by atoms with Crippen LogP contribution in [0.2, 0.25) is 0 Å². The van der Waals surface area contributed by atoms with Gasteiger partial charge in [-0.1, -0.05) is 48.5 Å². The first kappa shape index (κ1) is 18.9. The van der Waals surface area contributed by atoms with Gasteiger partial charge in [-0.05, 0) is 19.1 Å². The Kier molecular flexibility index (Phi) is 4.45. The molecule has 9 heteroatoms. The Morgan fingerprint density at radius 1 is 1.03 bits per heavy atom. The molecular formula is C22H16N6O2S. The van der Waals surface area contributed by atoms with Crippen LogP contribution in [-0.4, -0.2) is 31.4 Å². The number of rotatable bonds is 4. The molecule has 5 rings (SSSR count). The lowest BCUT2D eigenvalue weighted by Crippen LogP contribution is -2.17. The minimum atomic E-state index is -0.608. The van der Waals surface area contributed by atoms with Gasteiger partial charge in [0, 0.05) is 21.3 Å². The molecule has 0 radical (unpaired) electrons. The Balaban J connectivity index is 1.58. The Bertz CT molecular complexity index is 1470. The van der Waals surface area contributed by atoms with Crippen LogP contribution < -0.4 is 11.1 Å². The van der Waals surface area contributed by atoms with Crippen LogP contribution in [0.15, 0.2) is 60.7 Å². The van der Waals surface area contributed by atoms with Crippen molar-refractivity contribution in [2.75, 3.05) is 5.32 Å². The van der Waals surface area contributed by atoms with E-state index in [0.717, 1.165) is 27.0 Å². The van der Waals surface area contributed by atoms with E-state index < -0.39 is 11.8 Å². The maximum Gasteiger partial charge on any atom is 0.295 e. The number of anilines is 1. The number of aryl methyl sites for hydroxylation is 1. The van der Waals surface area contributed by atoms with Crippen LogP contribution in [0.5, 0.6) is 0 Å². The minimum Gasteiger partial charge on any atom is -0.365 e. The molecule has 0 aliphatic rings. The normalized spacial score (nSPS) is 11.1. The second kappa shape index (κ2) is 7.29. The fourth-order valence-electron chi connectivity index (χ4n) is 3.41. The number of aromatic nitrogens is 4. The number of nitrogens with one attached hydrogen (secondary N) is 1. The molecule has 3 heterocycles. The molecule has 2 amide bonds. The van der Waals surface area contributed by atoms with Crippen molar-refractivity contribution >= 4 is 44.7 Å². The summed E-state index contributed by atoms with van der Waals surface area (Å²) in [4.78, 5) is 33.9. The second-order valence-electron chi connectivity index (χ2n) is 6.92. The molecule has 31 heavy (non-hydrogen) atoms. The highest BCUT2D eigenvalue weighted by molar-refractivity contribution is 7.21. The molecule has 2 aromatic carbocycles. The van der Waals surface area contributed by atoms with E-state index in [0.29, 0.717) is 11.5 Å². The zero-order valence-electron chi connectivity index (χ0n) is 16.4. The number of fused-ring (bicyclic) bond motifs is 2. The molecule has 0 bridgehead atoms. The van der Waals surface area contributed by atoms with Gasteiger partial charge in [-0.2, -0.15) is 9.50 Å². The highest BCUT2D eigenvalue weighted by Crippen LogP contribution is 2.35. The van der Waals surface area contributed by atoms with Crippen molar-refractivity contribution < 1.29 is 9.59 Å². The van der Waals surface area contributed by atoms with Crippen LogP contribution in [0, 0.1) is 6.92 Å². The minimum absolute atomic E-state index is 0.0546. The first-order chi connectivity index (χ1) is 15.0. The van der Waals surface area contributed by atoms with E-state index in [2.05, 4.69) is 20.4 Å². The molecule has 152 valence electrons. The van der Waals surface area contributed by atoms with Crippen molar-refractivity contribution in [1.29, 1.82) is 0 Å². The van der Waals surface area contributed by atoms with E-state index >= 15 is 0 Å². The molecule has 3 aromatic heterocycles. The van der Waals surface area contributed by atoms with Crippen molar-refractivity contribution in [3.63, 3.8) is 0 Å². The Hall–Kier alpha value is -4.11. The number of nitrogens with zero attached hydrogens (tertiary/aromatic N) is 4. The zero-order chi connectivity index (χ0) is 21.5. The van der Waals surface area contributed by atoms with Crippen LogP contribution in [0.1, 0.15) is 26.0 Å². The van der Waals surface area contributed by atoms with Gasteiger partial charge in [0.2, 0.25) is 5.82 Å². The fourth-order valence-corrected chi connectivity index (χ4v) is 4.42. The molecule has 0 saturated carbocycles. The number of amides is 2. The lowest BCUT2D eigenvalue weighted by atomic mass is 10.1. The third-order valence-corrected chi connectivity index (χ3v) is 5.96. The smallest absolute Gasteiger partial charge is 0.295 e. The third-order valence-electron chi connectivity index (χ3n) is 4.77. The number of nitrogens with two attached hydrogens (primary N) is 1. The summed E-state index contributed by atoms with van der Waals surface area (Å²) in [7, 11) is 0. The van der Waals surface area contributed by atoms with Gasteiger partial charge in [0.15, 0.2) is 0 Å². The van der Waals surface area contributed by atoms with Crippen LogP contribution >= 0.6 is 11.3 Å². The lowest BCUT2D eigenvalue weighted by Gasteiger charge is -2.05. The summed E-state index contributed by atoms with van der Waals surface area (Å²) >= 11 is 1.23. The number of hydrogen-bond donors (Lipinski definition) is 2. The van der Waals surface area contributed by atoms with E-state index in [1.807, 2.05) is 67.6 Å². The number of thiophene rings is 1. The summed E-state index contributed by atoms with van der Waals surface area (Å²) in [5.74, 6) is -0.897. The highest BCUT2D eigenvalue weighted by Gasteiger charge is 2.22. The van der Waals surface area contributed by atoms with Gasteiger partial charge < -0.3 is 11.1 Å². The van der Waals surface area contributed by atoms with E-state index in [-0.39, 0.29) is 10.7 Å². The molecule has 0 aliphatic carbocycles. The fraction of sp³-hybridized carbons (Fsp3) is 0.0455. The van der Waals surface area contributed by atoms with E-state index in [4.69, 9.17) is 5.73 Å². The zero-order valence-corrected chi connectivity index (χ0v) is 17.2. The van der Waals surface area contributed by atoms with Crippen molar-refractivity contribution in [3.05, 3.63) is 77.1 Å². The first-order valence-electron chi connectivity index (χ1n) is 9.44. The van der Waals surface area contributed by atoms with Crippen molar-refractivity contribution in [3.8, 4) is 11.3 Å². The molecule has 0 fully saturated rings. The Morgan fingerprint density at radius 3 is 2.55 bits per heavy atom. The number of hydrogen-bond acceptors (Lipinski definition) is 6. The van der Waals surface area contributed by atoms with Gasteiger partial charge in [-0.25, -0.2) is 4.98 Å². The lowest BCUT2D eigenvalue weighted by molar-refractivity contribution is 0.100. The SMILES string of the molecule is Cc1cc(-c2ccccc2)n2nc(C(=O)Nc3c(C(N)=O)sc4ccccc34)nc2n1. The van der Waals surface area contributed by atoms with E-state index in [9.17, 15) is 9.59 Å². The molecule has 0 saturated heterocycles. The van der Waals surface area contributed by atoms with Crippen molar-refractivity contribution in [2.24, 2.45) is 5.73 Å². The molecule has 5 aromatic rings. The second-order valence-corrected chi connectivity index (χ2v) is 7.97. The third kappa shape index (κ3) is 3.30. The summed E-state index contributed by atoms with van der Waals surface area (Å²) in [6.07, 6.45) is 0. The Labute approximate surface area is 180 Å². The monoisotopic (exact) mass is 428 g/mol. The maximum absolute atomic E-state index is 13.0. The van der Waals surface area contributed by atoms with Crippen LogP contribution in [0.3, 0.4) is 0 Å². The highest BCUT2D eigenvalue weighted by atomic mass is 32.1. The summed E-state index contributed by atoms with van der Waals surface area (Å²) in [5, 5.41) is 7.89. The molecular weight excluding hydrogens is 412 g/mol. The Morgan fingerprint density at radius 2 is 1.77 bits per heavy atom. The van der Waals surface area contributed by atoms with Gasteiger partial charge in [0.05, 0.1) is 11.4 Å². The van der Waals surface area contributed by atoms with Crippen molar-refractivity contribution in [1.82, 2.24) is 19.6 Å². The van der Waals surface area contributed by atoms with E-state index in [1.165, 1.54) is 15.9 Å². The molecule has 0 spiro atoms. The van der Waals surface area contributed by atoms with Crippen LogP contribution in [-0.2, 0) is 0 Å². The van der Waals surface area contributed by atoms with Crippen LogP contribution in [0.4, 0.5) is 5.69 Å².